The molecule has 2 rings (SSSR count). The van der Waals surface area contributed by atoms with E-state index in [1.807, 2.05) is 7.05 Å². The topological polar surface area (TPSA) is 61.3 Å². The minimum Gasteiger partial charge on any atom is -0.391 e. The summed E-state index contributed by atoms with van der Waals surface area (Å²) < 4.78 is 0. The summed E-state index contributed by atoms with van der Waals surface area (Å²) in [5, 5.41) is 13.6. The van der Waals surface area contributed by atoms with Gasteiger partial charge in [-0.05, 0) is 26.7 Å². The number of aliphatic hydroxyl groups excluding tert-OH is 1. The highest BCUT2D eigenvalue weighted by atomic mass is 16.3. The molecular weight excluding hydrogens is 264 g/mol. The number of nitrogens with zero attached hydrogens (tertiary/aromatic N) is 3. The first-order valence-corrected chi connectivity index (χ1v) is 8.10. The molecule has 2 unspecified atom stereocenters. The van der Waals surface area contributed by atoms with E-state index in [2.05, 4.69) is 36.0 Å². The molecule has 1 aliphatic rings. The van der Waals surface area contributed by atoms with Gasteiger partial charge >= 0.3 is 0 Å². The van der Waals surface area contributed by atoms with Crippen molar-refractivity contribution in [3.05, 3.63) is 11.4 Å². The number of nitrogens with one attached hydrogen (secondary N) is 1. The van der Waals surface area contributed by atoms with Gasteiger partial charge in [-0.3, -0.25) is 0 Å². The standard InChI is InChI=1S/C16H28N4O/c1-5-14-18-15(17-6-2)11(3)16(19-14)20(4)12-9-7-8-10-13(12)21/h12-13,21H,5-10H2,1-4H3,(H,17,18,19). The largest absolute Gasteiger partial charge is 0.391 e. The van der Waals surface area contributed by atoms with Gasteiger partial charge in [-0.1, -0.05) is 19.8 Å². The van der Waals surface area contributed by atoms with Crippen LogP contribution in [0.5, 0.6) is 0 Å². The molecule has 2 N–H and O–H groups in total. The molecule has 0 aromatic carbocycles. The fourth-order valence-corrected chi connectivity index (χ4v) is 3.09. The predicted molar refractivity (Wildman–Crippen MR) is 87.0 cm³/mol. The number of anilines is 2. The van der Waals surface area contributed by atoms with Crippen LogP contribution in [0.4, 0.5) is 11.6 Å². The molecular formula is C16H28N4O. The number of aliphatic hydroxyl groups is 1. The summed E-state index contributed by atoms with van der Waals surface area (Å²) >= 11 is 0. The lowest BCUT2D eigenvalue weighted by Crippen LogP contribution is -2.44. The highest BCUT2D eigenvalue weighted by molar-refractivity contribution is 5.59. The van der Waals surface area contributed by atoms with Crippen molar-refractivity contribution < 1.29 is 5.11 Å². The molecule has 0 amide bonds. The molecule has 0 radical (unpaired) electrons. The van der Waals surface area contributed by atoms with Gasteiger partial charge in [0, 0.05) is 25.6 Å². The van der Waals surface area contributed by atoms with Crippen LogP contribution in [0.2, 0.25) is 0 Å². The predicted octanol–water partition coefficient (Wildman–Crippen LogP) is 2.52. The van der Waals surface area contributed by atoms with Crippen LogP contribution in [0.15, 0.2) is 0 Å². The lowest BCUT2D eigenvalue weighted by molar-refractivity contribution is 0.106. The third-order valence-corrected chi connectivity index (χ3v) is 4.35. The molecule has 5 heteroatoms. The van der Waals surface area contributed by atoms with E-state index in [0.29, 0.717) is 0 Å². The Balaban J connectivity index is 2.34. The van der Waals surface area contributed by atoms with Gasteiger partial charge < -0.3 is 15.3 Å². The summed E-state index contributed by atoms with van der Waals surface area (Å²) in [5.41, 5.74) is 1.06. The van der Waals surface area contributed by atoms with Gasteiger partial charge in [-0.15, -0.1) is 0 Å². The van der Waals surface area contributed by atoms with Gasteiger partial charge in [0.15, 0.2) is 0 Å². The van der Waals surface area contributed by atoms with Crippen LogP contribution in [0, 0.1) is 6.92 Å². The third-order valence-electron chi connectivity index (χ3n) is 4.35. The molecule has 0 bridgehead atoms. The first-order valence-electron chi connectivity index (χ1n) is 8.10. The van der Waals surface area contributed by atoms with Crippen molar-refractivity contribution >= 4 is 11.6 Å². The summed E-state index contributed by atoms with van der Waals surface area (Å²) in [5.74, 6) is 2.71. The van der Waals surface area contributed by atoms with E-state index >= 15 is 0 Å². The van der Waals surface area contributed by atoms with Crippen molar-refractivity contribution in [2.24, 2.45) is 0 Å². The molecule has 1 aliphatic carbocycles. The summed E-state index contributed by atoms with van der Waals surface area (Å²) in [6.45, 7) is 7.04. The van der Waals surface area contributed by atoms with Gasteiger partial charge in [0.25, 0.3) is 0 Å². The normalized spacial score (nSPS) is 22.1. The van der Waals surface area contributed by atoms with E-state index in [1.165, 1.54) is 6.42 Å². The van der Waals surface area contributed by atoms with Crippen LogP contribution < -0.4 is 10.2 Å². The number of likely N-dealkylation sites (N-methyl/N-ethyl adjacent to an activating group) is 1. The van der Waals surface area contributed by atoms with Gasteiger partial charge in [0.1, 0.15) is 17.5 Å². The van der Waals surface area contributed by atoms with Crippen LogP contribution in [0.25, 0.3) is 0 Å². The zero-order valence-electron chi connectivity index (χ0n) is 13.7. The highest BCUT2D eigenvalue weighted by Crippen LogP contribution is 2.29. The second-order valence-corrected chi connectivity index (χ2v) is 5.85. The third kappa shape index (κ3) is 3.46. The minimum atomic E-state index is -0.259. The molecule has 0 saturated heterocycles. The maximum absolute atomic E-state index is 10.3. The zero-order chi connectivity index (χ0) is 15.4. The average Bonchev–Trinajstić information content (AvgIpc) is 2.49. The Morgan fingerprint density at radius 1 is 1.24 bits per heavy atom. The molecule has 118 valence electrons. The van der Waals surface area contributed by atoms with E-state index in [-0.39, 0.29) is 12.1 Å². The monoisotopic (exact) mass is 292 g/mol. The highest BCUT2D eigenvalue weighted by Gasteiger charge is 2.29. The van der Waals surface area contributed by atoms with Crippen LogP contribution >= 0.6 is 0 Å². The zero-order valence-corrected chi connectivity index (χ0v) is 13.7. The van der Waals surface area contributed by atoms with E-state index < -0.39 is 0 Å². The Bertz CT molecular complexity index is 478. The van der Waals surface area contributed by atoms with Crippen molar-refractivity contribution in [1.82, 2.24) is 9.97 Å². The smallest absolute Gasteiger partial charge is 0.137 e. The van der Waals surface area contributed by atoms with Crippen molar-refractivity contribution in [2.75, 3.05) is 23.8 Å². The Labute approximate surface area is 127 Å². The lowest BCUT2D eigenvalue weighted by Gasteiger charge is -2.36. The quantitative estimate of drug-likeness (QED) is 0.873. The first-order chi connectivity index (χ1) is 10.1. The van der Waals surface area contributed by atoms with Crippen LogP contribution in [-0.4, -0.2) is 40.8 Å². The number of hydrogen-bond acceptors (Lipinski definition) is 5. The Kier molecular flexibility index (Phi) is 5.39. The molecule has 0 spiro atoms. The van der Waals surface area contributed by atoms with Crippen LogP contribution in [0.1, 0.15) is 50.9 Å². The Morgan fingerprint density at radius 3 is 2.57 bits per heavy atom. The second kappa shape index (κ2) is 7.07. The molecule has 2 atom stereocenters. The maximum atomic E-state index is 10.3. The number of hydrogen-bond donors (Lipinski definition) is 2. The molecule has 21 heavy (non-hydrogen) atoms. The van der Waals surface area contributed by atoms with Crippen LogP contribution in [0.3, 0.4) is 0 Å². The number of rotatable bonds is 5. The van der Waals surface area contributed by atoms with E-state index in [1.54, 1.807) is 0 Å². The molecule has 1 aromatic rings. The molecule has 1 saturated carbocycles. The van der Waals surface area contributed by atoms with Crippen molar-refractivity contribution in [1.29, 1.82) is 0 Å². The average molecular weight is 292 g/mol. The second-order valence-electron chi connectivity index (χ2n) is 5.85. The molecule has 5 nitrogen and oxygen atoms in total. The van der Waals surface area contributed by atoms with Gasteiger partial charge in [0.05, 0.1) is 12.1 Å². The van der Waals surface area contributed by atoms with Crippen molar-refractivity contribution in [3.63, 3.8) is 0 Å². The molecule has 1 fully saturated rings. The molecule has 0 aliphatic heterocycles. The van der Waals surface area contributed by atoms with Gasteiger partial charge in [-0.25, -0.2) is 9.97 Å². The van der Waals surface area contributed by atoms with E-state index in [0.717, 1.165) is 55.3 Å². The Hall–Kier alpha value is -1.36. The van der Waals surface area contributed by atoms with Crippen molar-refractivity contribution in [2.45, 2.75) is 65.0 Å². The number of aromatic nitrogens is 2. The Morgan fingerprint density at radius 2 is 1.95 bits per heavy atom. The molecule has 1 heterocycles. The van der Waals surface area contributed by atoms with Gasteiger partial charge in [-0.2, -0.15) is 0 Å². The first kappa shape index (κ1) is 16.0. The van der Waals surface area contributed by atoms with E-state index in [4.69, 9.17) is 4.98 Å². The minimum absolute atomic E-state index is 0.159. The maximum Gasteiger partial charge on any atom is 0.137 e. The number of aryl methyl sites for hydroxylation is 1. The fourth-order valence-electron chi connectivity index (χ4n) is 3.09. The lowest BCUT2D eigenvalue weighted by atomic mass is 9.91. The van der Waals surface area contributed by atoms with Crippen LogP contribution in [-0.2, 0) is 6.42 Å². The summed E-state index contributed by atoms with van der Waals surface area (Å²) in [6, 6.07) is 0.159. The molecule has 1 aromatic heterocycles. The summed E-state index contributed by atoms with van der Waals surface area (Å²) in [7, 11) is 2.05. The van der Waals surface area contributed by atoms with Crippen molar-refractivity contribution in [3.8, 4) is 0 Å². The summed E-state index contributed by atoms with van der Waals surface area (Å²) in [6.07, 6.45) is 4.77. The fraction of sp³-hybridized carbons (Fsp3) is 0.750. The van der Waals surface area contributed by atoms with E-state index in [9.17, 15) is 5.11 Å². The van der Waals surface area contributed by atoms with Gasteiger partial charge in [0.2, 0.25) is 0 Å². The SMILES string of the molecule is CCNc1nc(CC)nc(N(C)C2CCCCC2O)c1C. The summed E-state index contributed by atoms with van der Waals surface area (Å²) in [4.78, 5) is 11.4.